The highest BCUT2D eigenvalue weighted by Gasteiger charge is 2.33. The number of nitrogens with zero attached hydrogens (tertiary/aromatic N) is 2. The van der Waals surface area contributed by atoms with Gasteiger partial charge in [-0.25, -0.2) is 9.59 Å². The normalized spacial score (nSPS) is 14.1. The van der Waals surface area contributed by atoms with Crippen LogP contribution in [0.25, 0.3) is 0 Å². The van der Waals surface area contributed by atoms with Gasteiger partial charge in [0.2, 0.25) is 0 Å². The van der Waals surface area contributed by atoms with Crippen LogP contribution in [0.4, 0.5) is 0 Å². The van der Waals surface area contributed by atoms with E-state index in [-0.39, 0.29) is 131 Å². The van der Waals surface area contributed by atoms with E-state index >= 15 is 0 Å². The minimum atomic E-state index is -0.746. The van der Waals surface area contributed by atoms with Gasteiger partial charge in [-0.2, -0.15) is 0 Å². The molecule has 0 aromatic heterocycles. The standard InChI is InChI=1S/C30H42N4O16/c35-23(31-9-13-45-17-21-47-19-15-43-11-7-29(41)49-33-25(37)3-4-26(33)38)1-2-24(36)32-10-14-46-18-22-48-20-16-44-12-8-30(42)50-34-27(39)5-6-28(34)40/h3-22H2,(H,31,35)(H,32,36). The molecule has 2 heterocycles. The van der Waals surface area contributed by atoms with Crippen LogP contribution < -0.4 is 10.6 Å². The molecule has 20 heteroatoms. The van der Waals surface area contributed by atoms with Crippen LogP contribution in [-0.4, -0.2) is 150 Å². The molecule has 50 heavy (non-hydrogen) atoms. The maximum absolute atomic E-state index is 11.7. The van der Waals surface area contributed by atoms with E-state index in [9.17, 15) is 38.4 Å². The monoisotopic (exact) mass is 714 g/mol. The average Bonchev–Trinajstić information content (AvgIpc) is 3.58. The van der Waals surface area contributed by atoms with E-state index in [2.05, 4.69) is 22.5 Å². The number of carbonyl (C=O) groups is 8. The second-order valence-corrected chi connectivity index (χ2v) is 10.0. The van der Waals surface area contributed by atoms with Gasteiger partial charge in [0, 0.05) is 50.6 Å². The third kappa shape index (κ3) is 18.9. The number of amides is 6. The highest BCUT2D eigenvalue weighted by Crippen LogP contribution is 2.13. The van der Waals surface area contributed by atoms with Gasteiger partial charge >= 0.3 is 11.9 Å². The van der Waals surface area contributed by atoms with E-state index in [0.717, 1.165) is 0 Å². The molecular formula is C30H42N4O16. The summed E-state index contributed by atoms with van der Waals surface area (Å²) in [7, 11) is 0. The van der Waals surface area contributed by atoms with Gasteiger partial charge in [-0.05, 0) is 0 Å². The number of hydrogen-bond donors (Lipinski definition) is 2. The maximum atomic E-state index is 11.7. The van der Waals surface area contributed by atoms with E-state index in [1.54, 1.807) is 0 Å². The third-order valence-corrected chi connectivity index (χ3v) is 6.14. The summed E-state index contributed by atoms with van der Waals surface area (Å²) in [5, 5.41) is 5.93. The van der Waals surface area contributed by atoms with Crippen LogP contribution in [0.2, 0.25) is 0 Å². The van der Waals surface area contributed by atoms with E-state index < -0.39 is 47.4 Å². The van der Waals surface area contributed by atoms with Crippen molar-refractivity contribution in [3.8, 4) is 11.8 Å². The van der Waals surface area contributed by atoms with Gasteiger partial charge < -0.3 is 48.7 Å². The van der Waals surface area contributed by atoms with Gasteiger partial charge in [-0.15, -0.1) is 10.1 Å². The topological polar surface area (TPSA) is 241 Å². The molecule has 0 atom stereocenters. The summed E-state index contributed by atoms with van der Waals surface area (Å²) < 4.78 is 31.7. The Morgan fingerprint density at radius 1 is 0.460 bits per heavy atom. The summed E-state index contributed by atoms with van der Waals surface area (Å²) in [4.78, 5) is 102. The van der Waals surface area contributed by atoms with Crippen LogP contribution in [0.1, 0.15) is 38.5 Å². The van der Waals surface area contributed by atoms with Crippen LogP contribution in [0.15, 0.2) is 0 Å². The number of imide groups is 2. The van der Waals surface area contributed by atoms with Crippen molar-refractivity contribution in [1.29, 1.82) is 0 Å². The van der Waals surface area contributed by atoms with Crippen molar-refractivity contribution in [3.63, 3.8) is 0 Å². The Labute approximate surface area is 287 Å². The van der Waals surface area contributed by atoms with Crippen LogP contribution in [-0.2, 0) is 76.5 Å². The van der Waals surface area contributed by atoms with Crippen molar-refractivity contribution in [2.75, 3.05) is 92.4 Å². The van der Waals surface area contributed by atoms with Crippen LogP contribution >= 0.6 is 0 Å². The molecule has 0 unspecified atom stereocenters. The largest absolute Gasteiger partial charge is 0.378 e. The van der Waals surface area contributed by atoms with Crippen molar-refractivity contribution in [2.24, 2.45) is 0 Å². The van der Waals surface area contributed by atoms with Gasteiger partial charge in [0.25, 0.3) is 35.4 Å². The number of ether oxygens (including phenoxy) is 6. The highest BCUT2D eigenvalue weighted by molar-refractivity contribution is 6.03. The Kier molecular flexibility index (Phi) is 21.2. The van der Waals surface area contributed by atoms with Crippen molar-refractivity contribution in [2.45, 2.75) is 38.5 Å². The summed E-state index contributed by atoms with van der Waals surface area (Å²) in [6, 6.07) is 0. The molecule has 2 fully saturated rings. The first-order chi connectivity index (χ1) is 24.2. The van der Waals surface area contributed by atoms with Crippen molar-refractivity contribution in [1.82, 2.24) is 20.8 Å². The van der Waals surface area contributed by atoms with Crippen molar-refractivity contribution in [3.05, 3.63) is 0 Å². The second-order valence-electron chi connectivity index (χ2n) is 10.0. The average molecular weight is 715 g/mol. The third-order valence-electron chi connectivity index (χ3n) is 6.14. The fraction of sp³-hybridized carbons (Fsp3) is 0.667. The zero-order valence-corrected chi connectivity index (χ0v) is 27.6. The fourth-order valence-electron chi connectivity index (χ4n) is 3.68. The predicted molar refractivity (Wildman–Crippen MR) is 162 cm³/mol. The molecule has 0 spiro atoms. The molecule has 278 valence electrons. The smallest absolute Gasteiger partial charge is 0.335 e. The Morgan fingerprint density at radius 2 is 0.740 bits per heavy atom. The zero-order valence-electron chi connectivity index (χ0n) is 27.6. The lowest BCUT2D eigenvalue weighted by Crippen LogP contribution is -2.32. The molecule has 0 saturated carbocycles. The number of nitrogens with one attached hydrogen (secondary N) is 2. The number of hydroxylamine groups is 4. The molecule has 0 radical (unpaired) electrons. The van der Waals surface area contributed by atoms with Gasteiger partial charge in [-0.1, -0.05) is 0 Å². The molecular weight excluding hydrogens is 672 g/mol. The Hall–Kier alpha value is -4.52. The van der Waals surface area contributed by atoms with Gasteiger partial charge in [0.05, 0.1) is 92.1 Å². The lowest BCUT2D eigenvalue weighted by atomic mass is 10.4. The molecule has 2 N–H and O–H groups in total. The number of hydrogen-bond acceptors (Lipinski definition) is 16. The molecule has 2 aliphatic rings. The molecule has 0 aromatic rings. The molecule has 2 aliphatic heterocycles. The van der Waals surface area contributed by atoms with Gasteiger partial charge in [0.1, 0.15) is 0 Å². The molecule has 0 aliphatic carbocycles. The minimum absolute atomic E-state index is 0.0263. The van der Waals surface area contributed by atoms with Crippen LogP contribution in [0.3, 0.4) is 0 Å². The summed E-state index contributed by atoms with van der Waals surface area (Å²) >= 11 is 0. The Morgan fingerprint density at radius 3 is 1.06 bits per heavy atom. The second kappa shape index (κ2) is 25.5. The number of rotatable bonds is 26. The Balaban J connectivity index is 1.29. The molecule has 6 amide bonds. The van der Waals surface area contributed by atoms with E-state index in [1.807, 2.05) is 0 Å². The van der Waals surface area contributed by atoms with Gasteiger partial charge in [0.15, 0.2) is 0 Å². The van der Waals surface area contributed by atoms with Crippen molar-refractivity contribution >= 4 is 47.4 Å². The molecule has 2 rings (SSSR count). The molecule has 2 saturated heterocycles. The van der Waals surface area contributed by atoms with Crippen molar-refractivity contribution < 1.29 is 76.5 Å². The fourth-order valence-corrected chi connectivity index (χ4v) is 3.68. The van der Waals surface area contributed by atoms with E-state index in [0.29, 0.717) is 10.1 Å². The SMILES string of the molecule is O=C(C#CC(=O)NCCOCCOCCOCCC(=O)ON1C(=O)CCC1=O)NCCOCCOCCOCCC(=O)ON1C(=O)CCC1=O. The lowest BCUT2D eigenvalue weighted by molar-refractivity contribution is -0.198. The highest BCUT2D eigenvalue weighted by atomic mass is 16.7. The quantitative estimate of drug-likeness (QED) is 0.0527. The molecule has 0 aromatic carbocycles. The summed E-state index contributed by atoms with van der Waals surface area (Å²) in [6.45, 7) is 2.75. The van der Waals surface area contributed by atoms with E-state index in [1.165, 1.54) is 0 Å². The van der Waals surface area contributed by atoms with E-state index in [4.69, 9.17) is 38.1 Å². The Bertz CT molecular complexity index is 1110. The zero-order chi connectivity index (χ0) is 36.4. The summed E-state index contributed by atoms with van der Waals surface area (Å²) in [5.74, 6) is -0.630. The lowest BCUT2D eigenvalue weighted by Gasteiger charge is -2.12. The van der Waals surface area contributed by atoms with Gasteiger partial charge in [-0.3, -0.25) is 28.8 Å². The molecule has 20 nitrogen and oxygen atoms in total. The van der Waals surface area contributed by atoms with Crippen LogP contribution in [0.5, 0.6) is 0 Å². The predicted octanol–water partition coefficient (Wildman–Crippen LogP) is -2.68. The summed E-state index contributed by atoms with van der Waals surface area (Å²) in [6.07, 6.45) is -0.150. The minimum Gasteiger partial charge on any atom is -0.378 e. The first-order valence-electron chi connectivity index (χ1n) is 15.8. The first kappa shape index (κ1) is 41.7. The van der Waals surface area contributed by atoms with Crippen LogP contribution in [0, 0.1) is 11.8 Å². The molecule has 0 bridgehead atoms. The summed E-state index contributed by atoms with van der Waals surface area (Å²) in [5.41, 5.74) is 0. The number of carbonyl (C=O) groups excluding carboxylic acids is 8. The maximum Gasteiger partial charge on any atom is 0.335 e. The first-order valence-corrected chi connectivity index (χ1v) is 15.8.